The molecule has 0 aliphatic carbocycles. The van der Waals surface area contributed by atoms with Gasteiger partial charge >= 0.3 is 0 Å². The highest BCUT2D eigenvalue weighted by Gasteiger charge is 2.05. The predicted molar refractivity (Wildman–Crippen MR) is 54.1 cm³/mol. The van der Waals surface area contributed by atoms with E-state index in [1.807, 2.05) is 0 Å². The van der Waals surface area contributed by atoms with Gasteiger partial charge in [-0.3, -0.25) is 0 Å². The molecule has 1 aromatic heterocycles. The molecule has 2 aromatic rings. The van der Waals surface area contributed by atoms with Crippen LogP contribution in [0.5, 0.6) is 0 Å². The molecular formula is C10H11FN4. The van der Waals surface area contributed by atoms with Gasteiger partial charge in [0.25, 0.3) is 0 Å². The number of nitrogens with two attached hydrogens (primary N) is 1. The maximum atomic E-state index is 13.0. The average molecular weight is 206 g/mol. The van der Waals surface area contributed by atoms with Crippen LogP contribution in [-0.4, -0.2) is 21.5 Å². The second-order valence-corrected chi connectivity index (χ2v) is 3.16. The fraction of sp³-hybridized carbons (Fsp3) is 0.200. The van der Waals surface area contributed by atoms with Crippen LogP contribution < -0.4 is 5.73 Å². The van der Waals surface area contributed by atoms with Crippen molar-refractivity contribution in [2.24, 2.45) is 5.73 Å². The number of rotatable bonds is 3. The molecule has 0 fully saturated rings. The zero-order valence-corrected chi connectivity index (χ0v) is 8.10. The summed E-state index contributed by atoms with van der Waals surface area (Å²) in [6.45, 7) is 0.517. The van der Waals surface area contributed by atoms with E-state index in [4.69, 9.17) is 5.73 Å². The normalized spacial score (nSPS) is 10.5. The summed E-state index contributed by atoms with van der Waals surface area (Å²) in [5.41, 5.74) is 6.99. The van der Waals surface area contributed by atoms with Gasteiger partial charge < -0.3 is 5.73 Å². The fourth-order valence-electron chi connectivity index (χ4n) is 1.40. The van der Waals surface area contributed by atoms with Crippen molar-refractivity contribution in [3.05, 3.63) is 42.0 Å². The molecular weight excluding hydrogens is 195 g/mol. The van der Waals surface area contributed by atoms with E-state index < -0.39 is 0 Å². The average Bonchev–Trinajstić information content (AvgIpc) is 2.66. The maximum Gasteiger partial charge on any atom is 0.125 e. The summed E-state index contributed by atoms with van der Waals surface area (Å²) in [5.74, 6) is -0.290. The zero-order chi connectivity index (χ0) is 10.7. The Morgan fingerprint density at radius 2 is 2.27 bits per heavy atom. The Hall–Kier alpha value is -1.75. The summed E-state index contributed by atoms with van der Waals surface area (Å²) < 4.78 is 14.6. The van der Waals surface area contributed by atoms with Crippen molar-refractivity contribution in [1.82, 2.24) is 15.0 Å². The summed E-state index contributed by atoms with van der Waals surface area (Å²) in [7, 11) is 0. The van der Waals surface area contributed by atoms with Crippen LogP contribution >= 0.6 is 0 Å². The third-order valence-corrected chi connectivity index (χ3v) is 2.07. The van der Waals surface area contributed by atoms with E-state index >= 15 is 0 Å². The van der Waals surface area contributed by atoms with Gasteiger partial charge in [0, 0.05) is 6.42 Å². The van der Waals surface area contributed by atoms with Gasteiger partial charge in [0.2, 0.25) is 0 Å². The molecule has 0 saturated carbocycles. The Morgan fingerprint density at radius 3 is 3.00 bits per heavy atom. The summed E-state index contributed by atoms with van der Waals surface area (Å²) in [6.07, 6.45) is 2.31. The quantitative estimate of drug-likeness (QED) is 0.812. The monoisotopic (exact) mass is 206 g/mol. The number of hydrogen-bond donors (Lipinski definition) is 1. The number of benzene rings is 1. The number of halogens is 1. The van der Waals surface area contributed by atoms with Crippen LogP contribution in [0.4, 0.5) is 4.39 Å². The van der Waals surface area contributed by atoms with Crippen LogP contribution in [0.2, 0.25) is 0 Å². The Labute approximate surface area is 86.5 Å². The Bertz CT molecular complexity index is 452. The first-order valence-electron chi connectivity index (χ1n) is 4.67. The van der Waals surface area contributed by atoms with Crippen LogP contribution in [0.1, 0.15) is 5.69 Å². The first-order chi connectivity index (χ1) is 7.31. The lowest BCUT2D eigenvalue weighted by Crippen LogP contribution is -2.08. The standard InChI is InChI=1S/C10H11FN4/c11-8-2-1-3-9(6-8)15-10(4-5-12)7-13-14-15/h1-3,6-7H,4-5,12H2. The van der Waals surface area contributed by atoms with Crippen LogP contribution in [0.25, 0.3) is 5.69 Å². The minimum atomic E-state index is -0.290. The van der Waals surface area contributed by atoms with Gasteiger partial charge in [-0.05, 0) is 24.7 Å². The zero-order valence-electron chi connectivity index (χ0n) is 8.10. The smallest absolute Gasteiger partial charge is 0.125 e. The SMILES string of the molecule is NCCc1cnnn1-c1cccc(F)c1. The van der Waals surface area contributed by atoms with Crippen LogP contribution in [0.15, 0.2) is 30.5 Å². The Balaban J connectivity index is 2.40. The minimum absolute atomic E-state index is 0.290. The van der Waals surface area contributed by atoms with Crippen LogP contribution in [-0.2, 0) is 6.42 Å². The van der Waals surface area contributed by atoms with Gasteiger partial charge in [-0.2, -0.15) is 0 Å². The molecule has 15 heavy (non-hydrogen) atoms. The molecule has 0 bridgehead atoms. The second kappa shape index (κ2) is 4.18. The highest BCUT2D eigenvalue weighted by molar-refractivity contribution is 5.32. The van der Waals surface area contributed by atoms with E-state index in [1.54, 1.807) is 23.0 Å². The third kappa shape index (κ3) is 2.02. The molecule has 78 valence electrons. The topological polar surface area (TPSA) is 56.7 Å². The Morgan fingerprint density at radius 1 is 1.40 bits per heavy atom. The minimum Gasteiger partial charge on any atom is -0.330 e. The summed E-state index contributed by atoms with van der Waals surface area (Å²) >= 11 is 0. The maximum absolute atomic E-state index is 13.0. The van der Waals surface area contributed by atoms with Crippen molar-refractivity contribution >= 4 is 0 Å². The predicted octanol–water partition coefficient (Wildman–Crippen LogP) is 0.908. The summed E-state index contributed by atoms with van der Waals surface area (Å²) in [6, 6.07) is 6.22. The van der Waals surface area contributed by atoms with E-state index in [0.29, 0.717) is 18.7 Å². The molecule has 1 heterocycles. The first-order valence-corrected chi connectivity index (χ1v) is 4.67. The highest BCUT2D eigenvalue weighted by Crippen LogP contribution is 2.10. The number of nitrogens with zero attached hydrogens (tertiary/aromatic N) is 3. The van der Waals surface area contributed by atoms with Crippen LogP contribution in [0.3, 0.4) is 0 Å². The summed E-state index contributed by atoms with van der Waals surface area (Å²) in [5, 5.41) is 7.67. The Kier molecular flexibility index (Phi) is 2.73. The molecule has 0 unspecified atom stereocenters. The molecule has 0 amide bonds. The van der Waals surface area contributed by atoms with E-state index in [1.165, 1.54) is 12.1 Å². The molecule has 1 aromatic carbocycles. The van der Waals surface area contributed by atoms with E-state index in [9.17, 15) is 4.39 Å². The van der Waals surface area contributed by atoms with Crippen molar-refractivity contribution in [3.63, 3.8) is 0 Å². The second-order valence-electron chi connectivity index (χ2n) is 3.16. The van der Waals surface area contributed by atoms with Crippen molar-refractivity contribution in [2.75, 3.05) is 6.54 Å². The van der Waals surface area contributed by atoms with E-state index in [2.05, 4.69) is 10.3 Å². The van der Waals surface area contributed by atoms with Crippen molar-refractivity contribution < 1.29 is 4.39 Å². The molecule has 0 spiro atoms. The molecule has 0 radical (unpaired) electrons. The van der Waals surface area contributed by atoms with Gasteiger partial charge in [0.1, 0.15) is 5.82 Å². The molecule has 2 N–H and O–H groups in total. The molecule has 0 saturated heterocycles. The van der Waals surface area contributed by atoms with Gasteiger partial charge in [-0.25, -0.2) is 9.07 Å². The largest absolute Gasteiger partial charge is 0.330 e. The lowest BCUT2D eigenvalue weighted by Gasteiger charge is -2.04. The van der Waals surface area contributed by atoms with E-state index in [0.717, 1.165) is 5.69 Å². The van der Waals surface area contributed by atoms with Crippen molar-refractivity contribution in [2.45, 2.75) is 6.42 Å². The lowest BCUT2D eigenvalue weighted by atomic mass is 10.3. The third-order valence-electron chi connectivity index (χ3n) is 2.07. The molecule has 4 nitrogen and oxygen atoms in total. The van der Waals surface area contributed by atoms with Crippen molar-refractivity contribution in [1.29, 1.82) is 0 Å². The number of hydrogen-bond acceptors (Lipinski definition) is 3. The highest BCUT2D eigenvalue weighted by atomic mass is 19.1. The van der Waals surface area contributed by atoms with Gasteiger partial charge in [0.15, 0.2) is 0 Å². The fourth-order valence-corrected chi connectivity index (χ4v) is 1.40. The first kappa shape index (κ1) is 9.79. The molecule has 0 aliphatic heterocycles. The summed E-state index contributed by atoms with van der Waals surface area (Å²) in [4.78, 5) is 0. The molecule has 2 rings (SSSR count). The van der Waals surface area contributed by atoms with Crippen molar-refractivity contribution in [3.8, 4) is 5.69 Å². The van der Waals surface area contributed by atoms with Crippen LogP contribution in [0, 0.1) is 5.82 Å². The van der Waals surface area contributed by atoms with E-state index in [-0.39, 0.29) is 5.82 Å². The van der Waals surface area contributed by atoms with Gasteiger partial charge in [-0.15, -0.1) is 5.10 Å². The molecule has 0 atom stereocenters. The lowest BCUT2D eigenvalue weighted by molar-refractivity contribution is 0.624. The molecule has 5 heteroatoms. The van der Waals surface area contributed by atoms with Gasteiger partial charge in [-0.1, -0.05) is 11.3 Å². The molecule has 0 aliphatic rings. The number of aromatic nitrogens is 3. The van der Waals surface area contributed by atoms with Gasteiger partial charge in [0.05, 0.1) is 17.6 Å².